The van der Waals surface area contributed by atoms with Crippen molar-refractivity contribution in [3.63, 3.8) is 0 Å². The van der Waals surface area contributed by atoms with Crippen LogP contribution in [0.3, 0.4) is 0 Å². The minimum absolute atomic E-state index is 0.0207. The van der Waals surface area contributed by atoms with Crippen LogP contribution in [0.25, 0.3) is 0 Å². The van der Waals surface area contributed by atoms with Gasteiger partial charge >= 0.3 is 5.97 Å². The van der Waals surface area contributed by atoms with Gasteiger partial charge in [0.2, 0.25) is 0 Å². The van der Waals surface area contributed by atoms with Crippen molar-refractivity contribution in [1.82, 2.24) is 4.57 Å². The Balaban J connectivity index is 2.33. The quantitative estimate of drug-likeness (QED) is 0.808. The lowest BCUT2D eigenvalue weighted by atomic mass is 10.00. The zero-order chi connectivity index (χ0) is 11.3. The lowest BCUT2D eigenvalue weighted by Gasteiger charge is -2.21. The van der Waals surface area contributed by atoms with E-state index in [0.717, 1.165) is 18.4 Å². The second kappa shape index (κ2) is 2.87. The number of aromatic nitrogens is 1. The first-order valence-corrected chi connectivity index (χ1v) is 5.29. The van der Waals surface area contributed by atoms with Gasteiger partial charge < -0.3 is 9.67 Å². The second-order valence-electron chi connectivity index (χ2n) is 5.37. The second-order valence-corrected chi connectivity index (χ2v) is 5.37. The van der Waals surface area contributed by atoms with Gasteiger partial charge in [0.1, 0.15) is 0 Å². The number of carboxylic acids is 1. The molecule has 0 radical (unpaired) electrons. The Hall–Kier alpha value is -1.25. The maximum atomic E-state index is 11.1. The Bertz CT molecular complexity index is 394. The molecule has 1 aliphatic rings. The molecule has 2 rings (SSSR count). The summed E-state index contributed by atoms with van der Waals surface area (Å²) in [6, 6.07) is 1.94. The van der Waals surface area contributed by atoms with Crippen molar-refractivity contribution in [3.8, 4) is 0 Å². The average Bonchev–Trinajstić information content (AvgIpc) is 2.75. The van der Waals surface area contributed by atoms with Crippen LogP contribution in [-0.2, 0) is 15.7 Å². The third-order valence-corrected chi connectivity index (χ3v) is 3.18. The van der Waals surface area contributed by atoms with E-state index in [1.165, 1.54) is 0 Å². The van der Waals surface area contributed by atoms with Gasteiger partial charge in [0.05, 0.1) is 5.41 Å². The fourth-order valence-corrected chi connectivity index (χ4v) is 1.85. The van der Waals surface area contributed by atoms with Gasteiger partial charge in [-0.25, -0.2) is 0 Å². The molecule has 0 bridgehead atoms. The molecule has 1 heterocycles. The summed E-state index contributed by atoms with van der Waals surface area (Å²) < 4.78 is 2.07. The van der Waals surface area contributed by atoms with Crippen molar-refractivity contribution < 1.29 is 9.90 Å². The molecule has 0 saturated heterocycles. The third-order valence-electron chi connectivity index (χ3n) is 3.18. The number of hydrogen-bond donors (Lipinski definition) is 1. The van der Waals surface area contributed by atoms with Gasteiger partial charge in [-0.1, -0.05) is 0 Å². The molecule has 0 amide bonds. The SMILES string of the molecule is CC(C)(C)n1ccc(C2(C(=O)O)CC2)c1. The molecule has 1 fully saturated rings. The van der Waals surface area contributed by atoms with Gasteiger partial charge in [-0.3, -0.25) is 4.79 Å². The zero-order valence-electron chi connectivity index (χ0n) is 9.45. The van der Waals surface area contributed by atoms with Crippen molar-refractivity contribution in [2.45, 2.75) is 44.6 Å². The van der Waals surface area contributed by atoms with Crippen LogP contribution in [0, 0.1) is 0 Å². The van der Waals surface area contributed by atoms with Gasteiger partial charge in [0, 0.05) is 17.9 Å². The van der Waals surface area contributed by atoms with Crippen molar-refractivity contribution in [3.05, 3.63) is 24.0 Å². The molecule has 1 aromatic rings. The maximum Gasteiger partial charge on any atom is 0.314 e. The fraction of sp³-hybridized carbons (Fsp3) is 0.583. The molecule has 0 atom stereocenters. The Morgan fingerprint density at radius 1 is 1.47 bits per heavy atom. The highest BCUT2D eigenvalue weighted by Crippen LogP contribution is 2.48. The van der Waals surface area contributed by atoms with E-state index in [1.54, 1.807) is 0 Å². The van der Waals surface area contributed by atoms with Crippen LogP contribution >= 0.6 is 0 Å². The Morgan fingerprint density at radius 3 is 2.40 bits per heavy atom. The number of carboxylic acid groups (broad SMARTS) is 1. The molecule has 15 heavy (non-hydrogen) atoms. The van der Waals surface area contributed by atoms with E-state index in [0.29, 0.717) is 0 Å². The van der Waals surface area contributed by atoms with E-state index in [-0.39, 0.29) is 5.54 Å². The van der Waals surface area contributed by atoms with Crippen molar-refractivity contribution in [2.24, 2.45) is 0 Å². The summed E-state index contributed by atoms with van der Waals surface area (Å²) in [5.41, 5.74) is 0.397. The van der Waals surface area contributed by atoms with Crippen molar-refractivity contribution >= 4 is 5.97 Å². The Kier molecular flexibility index (Phi) is 1.97. The summed E-state index contributed by atoms with van der Waals surface area (Å²) >= 11 is 0. The van der Waals surface area contributed by atoms with E-state index < -0.39 is 11.4 Å². The minimum Gasteiger partial charge on any atom is -0.481 e. The van der Waals surface area contributed by atoms with E-state index in [9.17, 15) is 4.79 Å². The smallest absolute Gasteiger partial charge is 0.314 e. The fourth-order valence-electron chi connectivity index (χ4n) is 1.85. The lowest BCUT2D eigenvalue weighted by molar-refractivity contribution is -0.140. The van der Waals surface area contributed by atoms with Crippen LogP contribution in [-0.4, -0.2) is 15.6 Å². The largest absolute Gasteiger partial charge is 0.481 e. The summed E-state index contributed by atoms with van der Waals surface area (Å²) in [5.74, 6) is -0.686. The van der Waals surface area contributed by atoms with Crippen LogP contribution < -0.4 is 0 Å². The Morgan fingerprint density at radius 2 is 2.07 bits per heavy atom. The van der Waals surface area contributed by atoms with Gasteiger partial charge in [-0.15, -0.1) is 0 Å². The monoisotopic (exact) mass is 207 g/mol. The molecule has 0 spiro atoms. The van der Waals surface area contributed by atoms with Crippen LogP contribution in [0.1, 0.15) is 39.2 Å². The van der Waals surface area contributed by atoms with Crippen LogP contribution in [0.5, 0.6) is 0 Å². The van der Waals surface area contributed by atoms with Crippen molar-refractivity contribution in [1.29, 1.82) is 0 Å². The maximum absolute atomic E-state index is 11.1. The van der Waals surface area contributed by atoms with E-state index in [1.807, 2.05) is 18.5 Å². The summed E-state index contributed by atoms with van der Waals surface area (Å²) in [7, 11) is 0. The third kappa shape index (κ3) is 1.56. The molecule has 0 aromatic carbocycles. The van der Waals surface area contributed by atoms with Gasteiger partial charge in [0.25, 0.3) is 0 Å². The lowest BCUT2D eigenvalue weighted by Crippen LogP contribution is -2.21. The number of hydrogen-bond acceptors (Lipinski definition) is 1. The molecule has 3 nitrogen and oxygen atoms in total. The van der Waals surface area contributed by atoms with Crippen LogP contribution in [0.4, 0.5) is 0 Å². The highest BCUT2D eigenvalue weighted by molar-refractivity contribution is 5.84. The predicted molar refractivity (Wildman–Crippen MR) is 58.0 cm³/mol. The first kappa shape index (κ1) is 10.3. The standard InChI is InChI=1S/C12H17NO2/c1-11(2,3)13-7-4-9(8-13)12(5-6-12)10(14)15/h4,7-8H,5-6H2,1-3H3,(H,14,15). The molecule has 82 valence electrons. The zero-order valence-corrected chi connectivity index (χ0v) is 9.45. The van der Waals surface area contributed by atoms with Gasteiger partial charge in [-0.2, -0.15) is 0 Å². The van der Waals surface area contributed by atoms with Gasteiger partial charge in [-0.05, 0) is 45.2 Å². The molecular weight excluding hydrogens is 190 g/mol. The molecule has 1 saturated carbocycles. The molecule has 1 aliphatic carbocycles. The summed E-state index contributed by atoms with van der Waals surface area (Å²) in [5, 5.41) is 9.16. The number of nitrogens with zero attached hydrogens (tertiary/aromatic N) is 1. The summed E-state index contributed by atoms with van der Waals surface area (Å²) in [6.45, 7) is 6.32. The Labute approximate surface area is 89.7 Å². The first-order valence-electron chi connectivity index (χ1n) is 5.29. The number of carbonyl (C=O) groups is 1. The highest BCUT2D eigenvalue weighted by atomic mass is 16.4. The molecule has 1 N–H and O–H groups in total. The molecular formula is C12H17NO2. The molecule has 0 aliphatic heterocycles. The molecule has 1 aromatic heterocycles. The molecule has 3 heteroatoms. The molecule has 0 unspecified atom stereocenters. The van der Waals surface area contributed by atoms with E-state index >= 15 is 0 Å². The predicted octanol–water partition coefficient (Wildman–Crippen LogP) is 2.36. The van der Waals surface area contributed by atoms with E-state index in [2.05, 4.69) is 25.3 Å². The van der Waals surface area contributed by atoms with Crippen LogP contribution in [0.2, 0.25) is 0 Å². The van der Waals surface area contributed by atoms with Gasteiger partial charge in [0.15, 0.2) is 0 Å². The van der Waals surface area contributed by atoms with Crippen molar-refractivity contribution in [2.75, 3.05) is 0 Å². The highest BCUT2D eigenvalue weighted by Gasteiger charge is 2.52. The normalized spacial score (nSPS) is 18.9. The van der Waals surface area contributed by atoms with Crippen LogP contribution in [0.15, 0.2) is 18.5 Å². The minimum atomic E-state index is -0.686. The first-order chi connectivity index (χ1) is 6.86. The average molecular weight is 207 g/mol. The van der Waals surface area contributed by atoms with E-state index in [4.69, 9.17) is 5.11 Å². The summed E-state index contributed by atoms with van der Waals surface area (Å²) in [4.78, 5) is 11.1. The number of rotatable bonds is 2. The number of aliphatic carboxylic acids is 1. The summed E-state index contributed by atoms with van der Waals surface area (Å²) in [6.07, 6.45) is 5.49. The topological polar surface area (TPSA) is 42.2 Å².